The summed E-state index contributed by atoms with van der Waals surface area (Å²) in [4.78, 5) is 14.9. The number of nitrogens with zero attached hydrogens (tertiary/aromatic N) is 2. The molecule has 150 valence electrons. The molecule has 1 aromatic heterocycles. The first-order valence-corrected chi connectivity index (χ1v) is 12.1. The molecule has 0 N–H and O–H groups in total. The Hall–Kier alpha value is -1.70. The SMILES string of the molecule is C[C@H]1CC[C@@H](C)N(C(=O)c2csc(S(=O)(=O)N3CCc4ccccc4C3)c2)C1. The van der Waals surface area contributed by atoms with Crippen LogP contribution < -0.4 is 0 Å². The topological polar surface area (TPSA) is 57.7 Å². The van der Waals surface area contributed by atoms with E-state index in [9.17, 15) is 13.2 Å². The van der Waals surface area contributed by atoms with Gasteiger partial charge < -0.3 is 4.90 Å². The minimum absolute atomic E-state index is 0.0549. The van der Waals surface area contributed by atoms with Crippen molar-refractivity contribution < 1.29 is 13.2 Å². The lowest BCUT2D eigenvalue weighted by molar-refractivity contribution is 0.0574. The summed E-state index contributed by atoms with van der Waals surface area (Å²) in [6.07, 6.45) is 2.84. The number of fused-ring (bicyclic) bond motifs is 1. The quantitative estimate of drug-likeness (QED) is 0.763. The number of likely N-dealkylation sites (tertiary alicyclic amines) is 1. The van der Waals surface area contributed by atoms with E-state index in [1.807, 2.05) is 23.1 Å². The molecule has 2 aliphatic rings. The van der Waals surface area contributed by atoms with Crippen molar-refractivity contribution in [3.8, 4) is 0 Å². The van der Waals surface area contributed by atoms with Gasteiger partial charge in [-0.1, -0.05) is 31.2 Å². The normalized spacial score (nSPS) is 23.4. The van der Waals surface area contributed by atoms with E-state index in [-0.39, 0.29) is 16.2 Å². The minimum atomic E-state index is -3.59. The van der Waals surface area contributed by atoms with Crippen LogP contribution in [0.25, 0.3) is 0 Å². The number of carbonyl (C=O) groups is 1. The number of hydrogen-bond acceptors (Lipinski definition) is 4. The summed E-state index contributed by atoms with van der Waals surface area (Å²) < 4.78 is 28.1. The molecule has 5 nitrogen and oxygen atoms in total. The number of thiophene rings is 1. The molecule has 7 heteroatoms. The van der Waals surface area contributed by atoms with Crippen molar-refractivity contribution in [3.63, 3.8) is 0 Å². The summed E-state index contributed by atoms with van der Waals surface area (Å²) in [7, 11) is -3.59. The van der Waals surface area contributed by atoms with Gasteiger partial charge in [-0.05, 0) is 49.3 Å². The third-order valence-electron chi connectivity index (χ3n) is 5.89. The van der Waals surface area contributed by atoms with Crippen LogP contribution in [0.4, 0.5) is 0 Å². The lowest BCUT2D eigenvalue weighted by Gasteiger charge is -2.36. The van der Waals surface area contributed by atoms with Gasteiger partial charge in [0.25, 0.3) is 15.9 Å². The highest BCUT2D eigenvalue weighted by molar-refractivity contribution is 7.91. The first-order chi connectivity index (χ1) is 13.4. The van der Waals surface area contributed by atoms with Gasteiger partial charge in [0.05, 0.1) is 5.56 Å². The summed E-state index contributed by atoms with van der Waals surface area (Å²) in [5, 5.41) is 1.69. The number of benzene rings is 1. The average Bonchev–Trinajstić information content (AvgIpc) is 3.20. The van der Waals surface area contributed by atoms with Crippen LogP contribution >= 0.6 is 11.3 Å². The zero-order valence-electron chi connectivity index (χ0n) is 16.3. The maximum Gasteiger partial charge on any atom is 0.254 e. The fourth-order valence-corrected chi connectivity index (χ4v) is 6.83. The van der Waals surface area contributed by atoms with Crippen LogP contribution in [-0.4, -0.2) is 42.7 Å². The molecule has 1 saturated heterocycles. The number of sulfonamides is 1. The highest BCUT2D eigenvalue weighted by Gasteiger charge is 2.32. The number of amides is 1. The second kappa shape index (κ2) is 7.61. The first-order valence-electron chi connectivity index (χ1n) is 9.82. The Morgan fingerprint density at radius 1 is 1.14 bits per heavy atom. The van der Waals surface area contributed by atoms with Gasteiger partial charge in [-0.25, -0.2) is 8.42 Å². The van der Waals surface area contributed by atoms with Crippen LogP contribution in [-0.2, 0) is 23.0 Å². The Morgan fingerprint density at radius 3 is 2.68 bits per heavy atom. The maximum atomic E-state index is 13.1. The summed E-state index contributed by atoms with van der Waals surface area (Å²) >= 11 is 1.15. The van der Waals surface area contributed by atoms with E-state index in [2.05, 4.69) is 19.9 Å². The van der Waals surface area contributed by atoms with E-state index < -0.39 is 10.0 Å². The van der Waals surface area contributed by atoms with Crippen LogP contribution in [0, 0.1) is 5.92 Å². The molecule has 1 fully saturated rings. The Balaban J connectivity index is 1.54. The third kappa shape index (κ3) is 3.63. The van der Waals surface area contributed by atoms with Crippen molar-refractivity contribution in [1.29, 1.82) is 0 Å². The Labute approximate surface area is 171 Å². The summed E-state index contributed by atoms with van der Waals surface area (Å²) in [6.45, 7) is 5.82. The molecule has 2 aromatic rings. The van der Waals surface area contributed by atoms with Crippen LogP contribution in [0.15, 0.2) is 39.9 Å². The zero-order chi connectivity index (χ0) is 19.9. The smallest absolute Gasteiger partial charge is 0.254 e. The van der Waals surface area contributed by atoms with Crippen molar-refractivity contribution in [2.24, 2.45) is 5.92 Å². The van der Waals surface area contributed by atoms with Crippen molar-refractivity contribution in [2.45, 2.75) is 49.9 Å². The monoisotopic (exact) mass is 418 g/mol. The van der Waals surface area contributed by atoms with Crippen LogP contribution in [0.5, 0.6) is 0 Å². The molecule has 2 aliphatic heterocycles. The summed E-state index contributed by atoms with van der Waals surface area (Å²) in [5.41, 5.74) is 2.76. The summed E-state index contributed by atoms with van der Waals surface area (Å²) in [5.74, 6) is 0.427. The second-order valence-corrected chi connectivity index (χ2v) is 11.1. The number of hydrogen-bond donors (Lipinski definition) is 0. The highest BCUT2D eigenvalue weighted by Crippen LogP contribution is 2.30. The van der Waals surface area contributed by atoms with E-state index in [1.165, 1.54) is 9.87 Å². The third-order valence-corrected chi connectivity index (χ3v) is 9.15. The van der Waals surface area contributed by atoms with Crippen molar-refractivity contribution in [2.75, 3.05) is 13.1 Å². The molecule has 0 saturated carbocycles. The summed E-state index contributed by atoms with van der Waals surface area (Å²) in [6, 6.07) is 9.73. The number of rotatable bonds is 3. The Morgan fingerprint density at radius 2 is 1.89 bits per heavy atom. The van der Waals surface area contributed by atoms with E-state index in [1.54, 1.807) is 11.4 Å². The Kier molecular flexibility index (Phi) is 5.33. The average molecular weight is 419 g/mol. The van der Waals surface area contributed by atoms with Gasteiger partial charge in [0.15, 0.2) is 0 Å². The van der Waals surface area contributed by atoms with E-state index >= 15 is 0 Å². The molecular formula is C21H26N2O3S2. The standard InChI is InChI=1S/C21H26N2O3S2/c1-15-7-8-16(2)23(12-15)21(24)19-11-20(27-14-19)28(25,26)22-10-9-17-5-3-4-6-18(17)13-22/h3-6,11,14-16H,7-10,12-13H2,1-2H3/t15-,16+/m0/s1. The van der Waals surface area contributed by atoms with Crippen molar-refractivity contribution in [1.82, 2.24) is 9.21 Å². The van der Waals surface area contributed by atoms with Crippen LogP contribution in [0.1, 0.15) is 48.2 Å². The van der Waals surface area contributed by atoms with E-state index in [4.69, 9.17) is 0 Å². The fraction of sp³-hybridized carbons (Fsp3) is 0.476. The maximum absolute atomic E-state index is 13.1. The van der Waals surface area contributed by atoms with Crippen LogP contribution in [0.2, 0.25) is 0 Å². The fourth-order valence-electron chi connectivity index (χ4n) is 4.10. The number of piperidine rings is 1. The molecule has 2 atom stereocenters. The predicted octanol–water partition coefficient (Wildman–Crippen LogP) is 3.76. The molecule has 4 rings (SSSR count). The molecule has 0 aliphatic carbocycles. The predicted molar refractivity (Wildman–Crippen MR) is 111 cm³/mol. The minimum Gasteiger partial charge on any atom is -0.336 e. The first kappa shape index (κ1) is 19.6. The number of carbonyl (C=O) groups excluding carboxylic acids is 1. The molecule has 0 radical (unpaired) electrons. The van der Waals surface area contributed by atoms with Crippen LogP contribution in [0.3, 0.4) is 0 Å². The van der Waals surface area contributed by atoms with Gasteiger partial charge in [0, 0.05) is 31.1 Å². The highest BCUT2D eigenvalue weighted by atomic mass is 32.2. The van der Waals surface area contributed by atoms with Gasteiger partial charge in [0.2, 0.25) is 0 Å². The molecule has 1 aromatic carbocycles. The lowest BCUT2D eigenvalue weighted by atomic mass is 9.94. The van der Waals surface area contributed by atoms with E-state index in [0.29, 0.717) is 24.6 Å². The molecular weight excluding hydrogens is 392 g/mol. The van der Waals surface area contributed by atoms with Gasteiger partial charge in [0.1, 0.15) is 4.21 Å². The molecule has 1 amide bonds. The second-order valence-electron chi connectivity index (χ2n) is 8.00. The van der Waals surface area contributed by atoms with E-state index in [0.717, 1.165) is 42.7 Å². The van der Waals surface area contributed by atoms with Gasteiger partial charge in [-0.2, -0.15) is 4.31 Å². The van der Waals surface area contributed by atoms with Crippen molar-refractivity contribution in [3.05, 3.63) is 52.4 Å². The lowest BCUT2D eigenvalue weighted by Crippen LogP contribution is -2.44. The van der Waals surface area contributed by atoms with Gasteiger partial charge in [-0.15, -0.1) is 11.3 Å². The molecule has 3 heterocycles. The van der Waals surface area contributed by atoms with Gasteiger partial charge >= 0.3 is 0 Å². The zero-order valence-corrected chi connectivity index (χ0v) is 17.9. The molecule has 0 bridgehead atoms. The van der Waals surface area contributed by atoms with Crippen molar-refractivity contribution >= 4 is 27.3 Å². The largest absolute Gasteiger partial charge is 0.336 e. The van der Waals surface area contributed by atoms with Gasteiger partial charge in [-0.3, -0.25) is 4.79 Å². The molecule has 0 unspecified atom stereocenters. The molecule has 28 heavy (non-hydrogen) atoms. The Bertz CT molecular complexity index is 983. The molecule has 0 spiro atoms.